The number of nitrogens with zero attached hydrogens (tertiary/aromatic N) is 5. The molecule has 10 heteroatoms. The van der Waals surface area contributed by atoms with Crippen molar-refractivity contribution in [3.63, 3.8) is 0 Å². The molecule has 2 N–H and O–H groups in total. The zero-order valence-electron chi connectivity index (χ0n) is 11.4. The minimum Gasteiger partial charge on any atom is -0.317 e. The molecule has 2 aromatic heterocycles. The monoisotopic (exact) mass is 329 g/mol. The van der Waals surface area contributed by atoms with Crippen molar-refractivity contribution >= 4 is 36.0 Å². The molecule has 0 aromatic carbocycles. The Labute approximate surface area is 132 Å². The number of nitrogens with one attached hydrogen (secondary N) is 2. The summed E-state index contributed by atoms with van der Waals surface area (Å²) in [7, 11) is 1.77. The zero-order chi connectivity index (χ0) is 13.9. The van der Waals surface area contributed by atoms with Gasteiger partial charge in [-0.2, -0.15) is 18.8 Å². The number of hydrogen-bond acceptors (Lipinski definition) is 7. The van der Waals surface area contributed by atoms with Gasteiger partial charge in [-0.3, -0.25) is 10.1 Å². The van der Waals surface area contributed by atoms with Crippen molar-refractivity contribution in [1.29, 1.82) is 0 Å². The van der Waals surface area contributed by atoms with E-state index >= 15 is 0 Å². The summed E-state index contributed by atoms with van der Waals surface area (Å²) in [4.78, 5) is 16.3. The van der Waals surface area contributed by atoms with Crippen molar-refractivity contribution in [2.75, 3.05) is 18.4 Å². The van der Waals surface area contributed by atoms with Gasteiger partial charge in [-0.15, -0.1) is 12.4 Å². The van der Waals surface area contributed by atoms with Crippen LogP contribution in [0, 0.1) is 0 Å². The van der Waals surface area contributed by atoms with Crippen LogP contribution in [-0.4, -0.2) is 42.5 Å². The summed E-state index contributed by atoms with van der Waals surface area (Å²) in [6, 6.07) is 0. The molecule has 114 valence electrons. The van der Waals surface area contributed by atoms with Gasteiger partial charge >= 0.3 is 0 Å². The highest BCUT2D eigenvalue weighted by Crippen LogP contribution is 2.23. The van der Waals surface area contributed by atoms with Crippen LogP contribution < -0.4 is 10.6 Å². The van der Waals surface area contributed by atoms with Crippen LogP contribution >= 0.6 is 24.1 Å². The topological polar surface area (TPSA) is 97.6 Å². The van der Waals surface area contributed by atoms with Crippen LogP contribution in [0.25, 0.3) is 0 Å². The number of halogens is 1. The molecule has 0 atom stereocenters. The van der Waals surface area contributed by atoms with E-state index in [0.29, 0.717) is 17.6 Å². The number of anilines is 1. The average Bonchev–Trinajstić information content (AvgIpc) is 3.10. The molecule has 1 aliphatic heterocycles. The van der Waals surface area contributed by atoms with E-state index in [9.17, 15) is 4.79 Å². The number of hydrogen-bond donors (Lipinski definition) is 2. The molecule has 0 unspecified atom stereocenters. The highest BCUT2D eigenvalue weighted by atomic mass is 35.5. The van der Waals surface area contributed by atoms with E-state index in [0.717, 1.165) is 43.5 Å². The van der Waals surface area contributed by atoms with Crippen molar-refractivity contribution in [2.24, 2.45) is 7.05 Å². The second-order valence-electron chi connectivity index (χ2n) is 4.69. The number of piperidine rings is 1. The molecule has 0 radical (unpaired) electrons. The first-order valence-electron chi connectivity index (χ1n) is 6.44. The van der Waals surface area contributed by atoms with Gasteiger partial charge in [-0.25, -0.2) is 4.68 Å². The number of aromatic nitrogens is 5. The molecular formula is C11H16ClN7OS. The number of rotatable bonds is 3. The van der Waals surface area contributed by atoms with Gasteiger partial charge in [0.15, 0.2) is 11.5 Å². The Morgan fingerprint density at radius 3 is 2.90 bits per heavy atom. The Hall–Kier alpha value is -1.58. The van der Waals surface area contributed by atoms with Crippen LogP contribution in [0.15, 0.2) is 6.20 Å². The van der Waals surface area contributed by atoms with E-state index in [1.165, 1.54) is 6.20 Å². The van der Waals surface area contributed by atoms with Gasteiger partial charge < -0.3 is 5.32 Å². The second-order valence-corrected chi connectivity index (χ2v) is 5.24. The highest BCUT2D eigenvalue weighted by molar-refractivity contribution is 6.99. The van der Waals surface area contributed by atoms with Gasteiger partial charge in [0.25, 0.3) is 5.91 Å². The summed E-state index contributed by atoms with van der Waals surface area (Å²) in [5.41, 5.74) is 0.293. The molecule has 2 aromatic rings. The van der Waals surface area contributed by atoms with Crippen LogP contribution in [-0.2, 0) is 7.05 Å². The van der Waals surface area contributed by atoms with Crippen molar-refractivity contribution < 1.29 is 4.79 Å². The fourth-order valence-corrected chi connectivity index (χ4v) is 2.61. The maximum absolute atomic E-state index is 11.9. The molecule has 1 fully saturated rings. The van der Waals surface area contributed by atoms with Gasteiger partial charge in [0.2, 0.25) is 5.95 Å². The van der Waals surface area contributed by atoms with Gasteiger partial charge in [0.05, 0.1) is 17.9 Å². The maximum atomic E-state index is 11.9. The van der Waals surface area contributed by atoms with E-state index in [-0.39, 0.29) is 18.3 Å². The van der Waals surface area contributed by atoms with Crippen molar-refractivity contribution in [3.05, 3.63) is 17.7 Å². The zero-order valence-corrected chi connectivity index (χ0v) is 13.1. The highest BCUT2D eigenvalue weighted by Gasteiger charge is 2.21. The molecule has 8 nitrogen and oxygen atoms in total. The Morgan fingerprint density at radius 1 is 1.48 bits per heavy atom. The van der Waals surface area contributed by atoms with Gasteiger partial charge in [0, 0.05) is 13.0 Å². The third-order valence-corrected chi connectivity index (χ3v) is 3.78. The largest absolute Gasteiger partial charge is 0.317 e. The normalized spacial score (nSPS) is 15.5. The van der Waals surface area contributed by atoms with E-state index in [1.807, 2.05) is 0 Å². The first-order valence-corrected chi connectivity index (χ1v) is 7.17. The first-order chi connectivity index (χ1) is 9.74. The summed E-state index contributed by atoms with van der Waals surface area (Å²) in [6.07, 6.45) is 3.48. The molecular weight excluding hydrogens is 314 g/mol. The fraction of sp³-hybridized carbons (Fsp3) is 0.545. The molecule has 3 heterocycles. The van der Waals surface area contributed by atoms with E-state index in [2.05, 4.69) is 29.5 Å². The lowest BCUT2D eigenvalue weighted by molar-refractivity contribution is 0.102. The molecule has 21 heavy (non-hydrogen) atoms. The number of aryl methyl sites for hydroxylation is 1. The summed E-state index contributed by atoms with van der Waals surface area (Å²) in [5.74, 6) is 1.28. The van der Waals surface area contributed by atoms with Gasteiger partial charge in [-0.1, -0.05) is 0 Å². The molecule has 0 saturated carbocycles. The standard InChI is InChI=1S/C11H15N7OS.ClH/c1-18-11(15-10(19)8-6-13-20-17-8)14-9(16-18)7-2-4-12-5-3-7;/h6-7,12H,2-5H2,1H3,(H,14,15,16,19);1H. The summed E-state index contributed by atoms with van der Waals surface area (Å²) >= 11 is 1.000. The molecule has 3 rings (SSSR count). The number of amides is 1. The van der Waals surface area contributed by atoms with Crippen LogP contribution in [0.3, 0.4) is 0 Å². The predicted molar refractivity (Wildman–Crippen MR) is 81.0 cm³/mol. The number of carbonyl (C=O) groups excluding carboxylic acids is 1. The molecule has 1 aliphatic rings. The molecule has 1 saturated heterocycles. The molecule has 1 amide bonds. The van der Waals surface area contributed by atoms with Crippen molar-refractivity contribution in [3.8, 4) is 0 Å². The lowest BCUT2D eigenvalue weighted by atomic mass is 9.98. The van der Waals surface area contributed by atoms with E-state index in [4.69, 9.17) is 0 Å². The van der Waals surface area contributed by atoms with Crippen molar-refractivity contribution in [2.45, 2.75) is 18.8 Å². The second kappa shape index (κ2) is 6.92. The van der Waals surface area contributed by atoms with Crippen LogP contribution in [0.4, 0.5) is 5.95 Å². The SMILES string of the molecule is Cl.Cn1nc(C2CCNCC2)nc1NC(=O)c1cnsn1. The summed E-state index contributed by atoms with van der Waals surface area (Å²) in [6.45, 7) is 1.96. The summed E-state index contributed by atoms with van der Waals surface area (Å²) in [5, 5.41) is 10.4. The van der Waals surface area contributed by atoms with Crippen LogP contribution in [0.1, 0.15) is 35.1 Å². The van der Waals surface area contributed by atoms with Gasteiger partial charge in [-0.05, 0) is 25.9 Å². The lowest BCUT2D eigenvalue weighted by Crippen LogP contribution is -2.27. The average molecular weight is 330 g/mol. The smallest absolute Gasteiger partial charge is 0.279 e. The van der Waals surface area contributed by atoms with E-state index in [1.54, 1.807) is 11.7 Å². The quantitative estimate of drug-likeness (QED) is 0.864. The Bertz CT molecular complexity index is 594. The van der Waals surface area contributed by atoms with Crippen molar-refractivity contribution in [1.82, 2.24) is 28.8 Å². The number of carbonyl (C=O) groups is 1. The first kappa shape index (κ1) is 15.8. The predicted octanol–water partition coefficient (Wildman–Crippen LogP) is 0.808. The summed E-state index contributed by atoms with van der Waals surface area (Å²) < 4.78 is 9.29. The fourth-order valence-electron chi connectivity index (χ4n) is 2.20. The third kappa shape index (κ3) is 3.55. The minimum absolute atomic E-state index is 0. The lowest BCUT2D eigenvalue weighted by Gasteiger charge is -2.19. The molecule has 0 bridgehead atoms. The third-order valence-electron chi connectivity index (χ3n) is 3.30. The molecule has 0 aliphatic carbocycles. The van der Waals surface area contributed by atoms with Crippen LogP contribution in [0.2, 0.25) is 0 Å². The maximum Gasteiger partial charge on any atom is 0.279 e. The Balaban J connectivity index is 0.00000161. The Kier molecular flexibility index (Phi) is 5.21. The molecule has 0 spiro atoms. The van der Waals surface area contributed by atoms with Gasteiger partial charge in [0.1, 0.15) is 0 Å². The van der Waals surface area contributed by atoms with Crippen LogP contribution in [0.5, 0.6) is 0 Å². The van der Waals surface area contributed by atoms with E-state index < -0.39 is 0 Å². The minimum atomic E-state index is -0.314. The Morgan fingerprint density at radius 2 is 2.24 bits per heavy atom.